The van der Waals surface area contributed by atoms with Crippen molar-refractivity contribution in [2.75, 3.05) is 7.05 Å². The number of aryl methyl sites for hydroxylation is 1. The fraction of sp³-hybridized carbons (Fsp3) is 0.727. The Balaban J connectivity index is 2.51. The highest BCUT2D eigenvalue weighted by Crippen LogP contribution is 2.17. The molecule has 0 saturated carbocycles. The van der Waals surface area contributed by atoms with Gasteiger partial charge in [-0.25, -0.2) is 4.98 Å². The zero-order valence-electron chi connectivity index (χ0n) is 9.50. The first kappa shape index (κ1) is 11.7. The summed E-state index contributed by atoms with van der Waals surface area (Å²) in [5.74, 6) is 0.663. The zero-order valence-corrected chi connectivity index (χ0v) is 10.3. The Morgan fingerprint density at radius 3 is 2.71 bits per heavy atom. The van der Waals surface area contributed by atoms with E-state index in [0.29, 0.717) is 12.0 Å². The molecular weight excluding hydrogens is 192 g/mol. The van der Waals surface area contributed by atoms with E-state index in [4.69, 9.17) is 0 Å². The van der Waals surface area contributed by atoms with Gasteiger partial charge in [-0.05, 0) is 26.3 Å². The van der Waals surface area contributed by atoms with Gasteiger partial charge in [-0.1, -0.05) is 13.8 Å². The Kier molecular flexibility index (Phi) is 4.55. The standard InChI is InChI=1S/C11H20N2S/c1-5-10(12-4)8(2)6-11-13-9(3)7-14-11/h7-8,10,12H,5-6H2,1-4H3. The van der Waals surface area contributed by atoms with E-state index in [1.807, 2.05) is 7.05 Å². The molecule has 0 bridgehead atoms. The van der Waals surface area contributed by atoms with Gasteiger partial charge in [0.05, 0.1) is 5.01 Å². The van der Waals surface area contributed by atoms with Crippen molar-refractivity contribution in [1.29, 1.82) is 0 Å². The summed E-state index contributed by atoms with van der Waals surface area (Å²) in [6.45, 7) is 6.58. The molecule has 0 amide bonds. The molecule has 0 radical (unpaired) electrons. The van der Waals surface area contributed by atoms with E-state index in [9.17, 15) is 0 Å². The van der Waals surface area contributed by atoms with Gasteiger partial charge in [0.15, 0.2) is 0 Å². The Bertz CT molecular complexity index is 266. The Morgan fingerprint density at radius 1 is 1.57 bits per heavy atom. The van der Waals surface area contributed by atoms with Crippen LogP contribution in [0.4, 0.5) is 0 Å². The minimum absolute atomic E-state index is 0.610. The van der Waals surface area contributed by atoms with Crippen molar-refractivity contribution in [3.8, 4) is 0 Å². The second-order valence-corrected chi connectivity index (χ2v) is 4.81. The normalized spacial score (nSPS) is 15.4. The molecule has 0 spiro atoms. The van der Waals surface area contributed by atoms with Crippen LogP contribution in [0.1, 0.15) is 31.0 Å². The molecule has 2 atom stereocenters. The van der Waals surface area contributed by atoms with Crippen molar-refractivity contribution < 1.29 is 0 Å². The van der Waals surface area contributed by atoms with Gasteiger partial charge in [-0.3, -0.25) is 0 Å². The highest BCUT2D eigenvalue weighted by Gasteiger charge is 2.14. The van der Waals surface area contributed by atoms with E-state index in [1.54, 1.807) is 11.3 Å². The Hall–Kier alpha value is -0.410. The van der Waals surface area contributed by atoms with E-state index >= 15 is 0 Å². The summed E-state index contributed by atoms with van der Waals surface area (Å²) < 4.78 is 0. The SMILES string of the molecule is CCC(NC)C(C)Cc1nc(C)cs1. The Labute approximate surface area is 90.8 Å². The first-order valence-corrected chi connectivity index (χ1v) is 6.13. The van der Waals surface area contributed by atoms with Gasteiger partial charge < -0.3 is 5.32 Å². The lowest BCUT2D eigenvalue weighted by molar-refractivity contribution is 0.386. The van der Waals surface area contributed by atoms with E-state index in [-0.39, 0.29) is 0 Å². The molecule has 0 aliphatic heterocycles. The van der Waals surface area contributed by atoms with Crippen molar-refractivity contribution in [2.45, 2.75) is 39.7 Å². The van der Waals surface area contributed by atoms with Gasteiger partial charge in [0.1, 0.15) is 0 Å². The number of nitrogens with one attached hydrogen (secondary N) is 1. The fourth-order valence-electron chi connectivity index (χ4n) is 1.81. The molecule has 0 aliphatic rings. The van der Waals surface area contributed by atoms with E-state index < -0.39 is 0 Å². The predicted molar refractivity (Wildman–Crippen MR) is 62.9 cm³/mol. The van der Waals surface area contributed by atoms with Crippen molar-refractivity contribution in [1.82, 2.24) is 10.3 Å². The number of thiazole rings is 1. The van der Waals surface area contributed by atoms with Crippen LogP contribution in [0.2, 0.25) is 0 Å². The third kappa shape index (κ3) is 3.07. The van der Waals surface area contributed by atoms with Crippen molar-refractivity contribution >= 4 is 11.3 Å². The maximum atomic E-state index is 4.49. The second kappa shape index (κ2) is 5.47. The van der Waals surface area contributed by atoms with Gasteiger partial charge >= 0.3 is 0 Å². The van der Waals surface area contributed by atoms with Crippen LogP contribution in [0.25, 0.3) is 0 Å². The summed E-state index contributed by atoms with van der Waals surface area (Å²) >= 11 is 1.78. The largest absolute Gasteiger partial charge is 0.317 e. The van der Waals surface area contributed by atoms with E-state index in [2.05, 4.69) is 36.5 Å². The summed E-state index contributed by atoms with van der Waals surface area (Å²) in [5.41, 5.74) is 1.15. The molecule has 2 unspecified atom stereocenters. The highest BCUT2D eigenvalue weighted by molar-refractivity contribution is 7.09. The molecule has 1 heterocycles. The molecular formula is C11H20N2S. The number of rotatable bonds is 5. The van der Waals surface area contributed by atoms with Gasteiger partial charge in [0.25, 0.3) is 0 Å². The minimum atomic E-state index is 0.610. The van der Waals surface area contributed by atoms with Crippen LogP contribution in [0.5, 0.6) is 0 Å². The lowest BCUT2D eigenvalue weighted by atomic mass is 9.97. The first-order valence-electron chi connectivity index (χ1n) is 5.25. The molecule has 1 N–H and O–H groups in total. The minimum Gasteiger partial charge on any atom is -0.317 e. The zero-order chi connectivity index (χ0) is 10.6. The summed E-state index contributed by atoms with van der Waals surface area (Å²) in [5, 5.41) is 6.75. The van der Waals surface area contributed by atoms with Crippen LogP contribution in [0.15, 0.2) is 5.38 Å². The molecule has 2 nitrogen and oxygen atoms in total. The fourth-order valence-corrected chi connectivity index (χ4v) is 2.72. The molecule has 1 aromatic heterocycles. The maximum Gasteiger partial charge on any atom is 0.0931 e. The molecule has 0 aromatic carbocycles. The van der Waals surface area contributed by atoms with Crippen LogP contribution in [-0.4, -0.2) is 18.1 Å². The molecule has 1 rings (SSSR count). The van der Waals surface area contributed by atoms with E-state index in [1.165, 1.54) is 11.4 Å². The molecule has 0 saturated heterocycles. The van der Waals surface area contributed by atoms with Crippen LogP contribution in [0.3, 0.4) is 0 Å². The van der Waals surface area contributed by atoms with Crippen molar-refractivity contribution in [2.24, 2.45) is 5.92 Å². The van der Waals surface area contributed by atoms with E-state index in [0.717, 1.165) is 12.1 Å². The first-order chi connectivity index (χ1) is 6.67. The van der Waals surface area contributed by atoms with Crippen LogP contribution >= 0.6 is 11.3 Å². The number of hydrogen-bond acceptors (Lipinski definition) is 3. The number of aromatic nitrogens is 1. The van der Waals surface area contributed by atoms with Gasteiger partial charge in [0.2, 0.25) is 0 Å². The van der Waals surface area contributed by atoms with Crippen LogP contribution in [0, 0.1) is 12.8 Å². The number of nitrogens with zero attached hydrogens (tertiary/aromatic N) is 1. The third-order valence-corrected chi connectivity index (χ3v) is 3.65. The summed E-state index contributed by atoms with van der Waals surface area (Å²) in [6.07, 6.45) is 2.28. The van der Waals surface area contributed by atoms with Crippen LogP contribution in [-0.2, 0) is 6.42 Å². The predicted octanol–water partition coefficient (Wildman–Crippen LogP) is 2.63. The lowest BCUT2D eigenvalue weighted by Gasteiger charge is -2.20. The molecule has 1 aromatic rings. The molecule has 14 heavy (non-hydrogen) atoms. The molecule has 0 fully saturated rings. The molecule has 0 aliphatic carbocycles. The number of hydrogen-bond donors (Lipinski definition) is 1. The lowest BCUT2D eigenvalue weighted by Crippen LogP contribution is -2.32. The third-order valence-electron chi connectivity index (χ3n) is 2.66. The second-order valence-electron chi connectivity index (χ2n) is 3.87. The summed E-state index contributed by atoms with van der Waals surface area (Å²) in [6, 6.07) is 0.610. The van der Waals surface area contributed by atoms with Gasteiger partial charge in [-0.15, -0.1) is 11.3 Å². The monoisotopic (exact) mass is 212 g/mol. The quantitative estimate of drug-likeness (QED) is 0.811. The van der Waals surface area contributed by atoms with Gasteiger partial charge in [0, 0.05) is 23.5 Å². The van der Waals surface area contributed by atoms with Gasteiger partial charge in [-0.2, -0.15) is 0 Å². The molecule has 80 valence electrons. The average molecular weight is 212 g/mol. The average Bonchev–Trinajstić information content (AvgIpc) is 2.53. The molecule has 3 heteroatoms. The summed E-state index contributed by atoms with van der Waals surface area (Å²) in [4.78, 5) is 4.49. The smallest absolute Gasteiger partial charge is 0.0931 e. The van der Waals surface area contributed by atoms with Crippen molar-refractivity contribution in [3.63, 3.8) is 0 Å². The van der Waals surface area contributed by atoms with Crippen LogP contribution < -0.4 is 5.32 Å². The summed E-state index contributed by atoms with van der Waals surface area (Å²) in [7, 11) is 2.04. The maximum absolute atomic E-state index is 4.49. The topological polar surface area (TPSA) is 24.9 Å². The van der Waals surface area contributed by atoms with Crippen molar-refractivity contribution in [3.05, 3.63) is 16.1 Å². The Morgan fingerprint density at radius 2 is 2.29 bits per heavy atom. The highest BCUT2D eigenvalue weighted by atomic mass is 32.1.